The Morgan fingerprint density at radius 3 is 0.794 bits per heavy atom. The Labute approximate surface area is 395 Å². The van der Waals surface area contributed by atoms with Gasteiger partial charge in [0.2, 0.25) is 0 Å². The van der Waals surface area contributed by atoms with Gasteiger partial charge in [0.25, 0.3) is 0 Å². The van der Waals surface area contributed by atoms with Crippen LogP contribution < -0.4 is 0 Å². The van der Waals surface area contributed by atoms with Crippen molar-refractivity contribution in [3.05, 3.63) is 267 Å². The minimum absolute atomic E-state index is 1.10. The van der Waals surface area contributed by atoms with Gasteiger partial charge in [-0.05, 0) is 158 Å². The molecule has 0 unspecified atom stereocenters. The summed E-state index contributed by atoms with van der Waals surface area (Å²) in [4.78, 5) is 0. The van der Waals surface area contributed by atoms with Gasteiger partial charge in [0.15, 0.2) is 0 Å². The summed E-state index contributed by atoms with van der Waals surface area (Å²) in [7, 11) is 0. The number of aromatic nitrogens is 2. The highest BCUT2D eigenvalue weighted by atomic mass is 15.0. The van der Waals surface area contributed by atoms with E-state index in [1.54, 1.807) is 0 Å². The normalized spacial score (nSPS) is 11.5. The van der Waals surface area contributed by atoms with E-state index in [9.17, 15) is 0 Å². The molecule has 0 aliphatic rings. The fraction of sp³-hybridized carbons (Fsp3) is 0. The molecule has 0 bridgehead atoms. The standard InChI is InChI=1S/C66H44N2/c1-5-19-45(20-6-1)49-35-50(46-21-7-2-8-22-46)38-53(37-49)55-41-56(54-39-51(47-23-9-3-10-24-47)36-52(40-54)48-25-11-4-12-26-48)43-58(42-55)68-65-32-18-15-29-61(65)62-44-57(33-34-66(62)68)67-63-30-16-13-27-59(63)60-28-14-17-31-64(60)67/h1-44H. The first-order valence-electron chi connectivity index (χ1n) is 23.4. The molecule has 0 aliphatic carbocycles. The molecule has 0 radical (unpaired) electrons. The second-order valence-corrected chi connectivity index (χ2v) is 17.8. The maximum absolute atomic E-state index is 2.48. The number of benzene rings is 11. The topological polar surface area (TPSA) is 9.86 Å². The van der Waals surface area contributed by atoms with E-state index in [0.717, 1.165) is 44.7 Å². The molecule has 13 aromatic rings. The van der Waals surface area contributed by atoms with Crippen molar-refractivity contribution < 1.29 is 0 Å². The molecule has 0 saturated heterocycles. The van der Waals surface area contributed by atoms with Crippen LogP contribution in [0.3, 0.4) is 0 Å². The highest BCUT2D eigenvalue weighted by Crippen LogP contribution is 2.42. The average Bonchev–Trinajstić information content (AvgIpc) is 3.94. The molecule has 318 valence electrons. The second kappa shape index (κ2) is 16.5. The van der Waals surface area contributed by atoms with E-state index in [0.29, 0.717) is 0 Å². The molecule has 0 aliphatic heterocycles. The lowest BCUT2D eigenvalue weighted by atomic mass is 9.90. The van der Waals surface area contributed by atoms with Crippen LogP contribution in [0.25, 0.3) is 122 Å². The largest absolute Gasteiger partial charge is 0.309 e. The Balaban J connectivity index is 1.08. The Morgan fingerprint density at radius 1 is 0.162 bits per heavy atom. The van der Waals surface area contributed by atoms with Gasteiger partial charge in [0.1, 0.15) is 0 Å². The molecule has 2 aromatic heterocycles. The molecule has 0 fully saturated rings. The zero-order valence-electron chi connectivity index (χ0n) is 37.3. The highest BCUT2D eigenvalue weighted by Gasteiger charge is 2.19. The van der Waals surface area contributed by atoms with Gasteiger partial charge < -0.3 is 9.13 Å². The Morgan fingerprint density at radius 2 is 0.426 bits per heavy atom. The quantitative estimate of drug-likeness (QED) is 0.144. The summed E-state index contributed by atoms with van der Waals surface area (Å²) in [5.41, 5.74) is 21.1. The number of nitrogens with zero attached hydrogens (tertiary/aromatic N) is 2. The van der Waals surface area contributed by atoms with Crippen molar-refractivity contribution in [1.82, 2.24) is 9.13 Å². The van der Waals surface area contributed by atoms with E-state index in [4.69, 9.17) is 0 Å². The van der Waals surface area contributed by atoms with Crippen LogP contribution in [0.2, 0.25) is 0 Å². The molecule has 68 heavy (non-hydrogen) atoms. The Bertz CT molecular complexity index is 3680. The second-order valence-electron chi connectivity index (χ2n) is 17.8. The maximum atomic E-state index is 2.48. The molecule has 0 amide bonds. The molecule has 0 saturated carbocycles. The molecule has 2 heteroatoms. The van der Waals surface area contributed by atoms with E-state index >= 15 is 0 Å². The fourth-order valence-electron chi connectivity index (χ4n) is 10.4. The van der Waals surface area contributed by atoms with Gasteiger partial charge in [0.05, 0.1) is 22.1 Å². The van der Waals surface area contributed by atoms with Crippen molar-refractivity contribution >= 4 is 43.6 Å². The Kier molecular flexibility index (Phi) is 9.54. The van der Waals surface area contributed by atoms with E-state index in [2.05, 4.69) is 276 Å². The summed E-state index contributed by atoms with van der Waals surface area (Å²) in [6.07, 6.45) is 0. The smallest absolute Gasteiger partial charge is 0.0542 e. The summed E-state index contributed by atoms with van der Waals surface area (Å²) >= 11 is 0. The third kappa shape index (κ3) is 6.90. The molecule has 11 aromatic carbocycles. The SMILES string of the molecule is c1ccc(-c2cc(-c3ccccc3)cc(-c3cc(-c4cc(-c5ccccc5)cc(-c5ccccc5)c4)cc(-n4c5ccccc5c5cc(-n6c7ccccc7c7ccccc76)ccc54)c3)c2)cc1. The zero-order chi connectivity index (χ0) is 45.0. The Hall–Kier alpha value is -8.98. The van der Waals surface area contributed by atoms with Crippen molar-refractivity contribution in [3.63, 3.8) is 0 Å². The summed E-state index contributed by atoms with van der Waals surface area (Å²) in [5.74, 6) is 0. The molecular formula is C66H44N2. The van der Waals surface area contributed by atoms with Crippen LogP contribution in [-0.2, 0) is 0 Å². The number of para-hydroxylation sites is 3. The third-order valence-electron chi connectivity index (χ3n) is 13.6. The van der Waals surface area contributed by atoms with Crippen molar-refractivity contribution in [2.45, 2.75) is 0 Å². The summed E-state index contributed by atoms with van der Waals surface area (Å²) in [5, 5.41) is 4.94. The van der Waals surface area contributed by atoms with Gasteiger partial charge in [-0.25, -0.2) is 0 Å². The summed E-state index contributed by atoms with van der Waals surface area (Å²) < 4.78 is 4.90. The fourth-order valence-corrected chi connectivity index (χ4v) is 10.4. The van der Waals surface area contributed by atoms with Gasteiger partial charge in [-0.15, -0.1) is 0 Å². The van der Waals surface area contributed by atoms with Crippen LogP contribution in [0.5, 0.6) is 0 Å². The maximum Gasteiger partial charge on any atom is 0.0542 e. The van der Waals surface area contributed by atoms with Crippen LogP contribution in [0.4, 0.5) is 0 Å². The van der Waals surface area contributed by atoms with Crippen molar-refractivity contribution in [2.75, 3.05) is 0 Å². The molecule has 2 heterocycles. The van der Waals surface area contributed by atoms with Crippen LogP contribution in [-0.4, -0.2) is 9.13 Å². The minimum atomic E-state index is 1.10. The summed E-state index contributed by atoms with van der Waals surface area (Å²) in [6, 6.07) is 97.8. The predicted octanol–water partition coefficient (Wildman–Crippen LogP) is 17.9. The molecule has 0 N–H and O–H groups in total. The molecule has 2 nitrogen and oxygen atoms in total. The van der Waals surface area contributed by atoms with E-state index in [1.165, 1.54) is 77.1 Å². The average molecular weight is 865 g/mol. The number of hydrogen-bond donors (Lipinski definition) is 0. The van der Waals surface area contributed by atoms with Gasteiger partial charge in [-0.1, -0.05) is 176 Å². The molecular weight excluding hydrogens is 821 g/mol. The highest BCUT2D eigenvalue weighted by molar-refractivity contribution is 6.12. The molecule has 0 spiro atoms. The first-order valence-corrected chi connectivity index (χ1v) is 23.4. The predicted molar refractivity (Wildman–Crippen MR) is 288 cm³/mol. The third-order valence-corrected chi connectivity index (χ3v) is 13.6. The zero-order valence-corrected chi connectivity index (χ0v) is 37.3. The first-order chi connectivity index (χ1) is 33.7. The lowest BCUT2D eigenvalue weighted by molar-refractivity contribution is 1.17. The van der Waals surface area contributed by atoms with E-state index < -0.39 is 0 Å². The van der Waals surface area contributed by atoms with Crippen LogP contribution >= 0.6 is 0 Å². The van der Waals surface area contributed by atoms with Crippen LogP contribution in [0.1, 0.15) is 0 Å². The van der Waals surface area contributed by atoms with Gasteiger partial charge in [-0.3, -0.25) is 0 Å². The minimum Gasteiger partial charge on any atom is -0.309 e. The monoisotopic (exact) mass is 864 g/mol. The van der Waals surface area contributed by atoms with Crippen LogP contribution in [0, 0.1) is 0 Å². The first kappa shape index (κ1) is 39.4. The van der Waals surface area contributed by atoms with Crippen molar-refractivity contribution in [1.29, 1.82) is 0 Å². The number of hydrogen-bond acceptors (Lipinski definition) is 0. The van der Waals surface area contributed by atoms with E-state index in [-0.39, 0.29) is 0 Å². The van der Waals surface area contributed by atoms with Crippen molar-refractivity contribution in [3.8, 4) is 78.1 Å². The summed E-state index contributed by atoms with van der Waals surface area (Å²) in [6.45, 7) is 0. The van der Waals surface area contributed by atoms with Crippen molar-refractivity contribution in [2.24, 2.45) is 0 Å². The van der Waals surface area contributed by atoms with Gasteiger partial charge in [-0.2, -0.15) is 0 Å². The number of fused-ring (bicyclic) bond motifs is 6. The molecule has 0 atom stereocenters. The van der Waals surface area contributed by atoms with Gasteiger partial charge in [0, 0.05) is 32.9 Å². The lowest BCUT2D eigenvalue weighted by Crippen LogP contribution is -1.97. The lowest BCUT2D eigenvalue weighted by Gasteiger charge is -2.17. The van der Waals surface area contributed by atoms with Crippen LogP contribution in [0.15, 0.2) is 267 Å². The number of rotatable bonds is 8. The van der Waals surface area contributed by atoms with Gasteiger partial charge >= 0.3 is 0 Å². The van der Waals surface area contributed by atoms with E-state index in [1.807, 2.05) is 0 Å². The molecule has 13 rings (SSSR count).